The van der Waals surface area contributed by atoms with Crippen LogP contribution < -0.4 is 10.7 Å². The second-order valence-electron chi connectivity index (χ2n) is 6.26. The number of benzene rings is 2. The number of para-hydroxylation sites is 1. The molecule has 0 aliphatic rings. The number of thioether (sulfide) groups is 1. The van der Waals surface area contributed by atoms with Crippen molar-refractivity contribution in [1.82, 2.24) is 19.9 Å². The van der Waals surface area contributed by atoms with Gasteiger partial charge in [0.15, 0.2) is 11.0 Å². The molecule has 30 heavy (non-hydrogen) atoms. The van der Waals surface area contributed by atoms with Gasteiger partial charge in [0.2, 0.25) is 11.1 Å². The third-order valence-corrected chi connectivity index (χ3v) is 6.04. The number of amides is 1. The minimum absolute atomic E-state index is 0.174. The summed E-state index contributed by atoms with van der Waals surface area (Å²) in [5.41, 5.74) is 1.77. The van der Waals surface area contributed by atoms with Gasteiger partial charge in [-0.15, -0.1) is 21.5 Å². The number of hydrogen-bond acceptors (Lipinski definition) is 7. The van der Waals surface area contributed by atoms with Crippen LogP contribution in [0, 0.1) is 5.82 Å². The smallest absolute Gasteiger partial charge is 0.230 e. The van der Waals surface area contributed by atoms with E-state index in [0.717, 1.165) is 11.3 Å². The van der Waals surface area contributed by atoms with Crippen molar-refractivity contribution in [3.05, 3.63) is 71.5 Å². The molecule has 0 bridgehead atoms. The van der Waals surface area contributed by atoms with Crippen LogP contribution in [0.15, 0.2) is 65.1 Å². The number of aromatic nitrogens is 4. The van der Waals surface area contributed by atoms with E-state index in [1.807, 2.05) is 35.7 Å². The first kappa shape index (κ1) is 20.0. The Balaban J connectivity index is 1.51. The molecule has 0 aliphatic heterocycles. The minimum Gasteiger partial charge on any atom is -0.335 e. The van der Waals surface area contributed by atoms with Crippen LogP contribution in [0.2, 0.25) is 0 Å². The SMILES string of the molecule is CC(=O)N(c1nc(CSc2nnc(-c3ccccc3)n2N)cs1)c1ccccc1F. The van der Waals surface area contributed by atoms with E-state index in [1.165, 1.54) is 45.7 Å². The Hall–Kier alpha value is -3.24. The van der Waals surface area contributed by atoms with Crippen LogP contribution in [0.1, 0.15) is 12.6 Å². The number of anilines is 2. The summed E-state index contributed by atoms with van der Waals surface area (Å²) in [6.07, 6.45) is 0. The molecular formula is C20H17FN6OS2. The third-order valence-electron chi connectivity index (χ3n) is 4.18. The fourth-order valence-electron chi connectivity index (χ4n) is 2.80. The highest BCUT2D eigenvalue weighted by Crippen LogP contribution is 2.32. The van der Waals surface area contributed by atoms with Gasteiger partial charge < -0.3 is 5.84 Å². The lowest BCUT2D eigenvalue weighted by molar-refractivity contribution is -0.115. The second-order valence-corrected chi connectivity index (χ2v) is 8.04. The van der Waals surface area contributed by atoms with Gasteiger partial charge in [-0.25, -0.2) is 14.1 Å². The topological polar surface area (TPSA) is 89.9 Å². The number of hydrogen-bond donors (Lipinski definition) is 1. The van der Waals surface area contributed by atoms with Crippen LogP contribution in [-0.2, 0) is 10.5 Å². The average molecular weight is 441 g/mol. The summed E-state index contributed by atoms with van der Waals surface area (Å²) in [5, 5.41) is 11.1. The zero-order chi connectivity index (χ0) is 21.1. The molecule has 4 rings (SSSR count). The summed E-state index contributed by atoms with van der Waals surface area (Å²) in [6.45, 7) is 1.38. The summed E-state index contributed by atoms with van der Waals surface area (Å²) in [6, 6.07) is 15.7. The first-order chi connectivity index (χ1) is 14.5. The molecule has 7 nitrogen and oxygen atoms in total. The maximum atomic E-state index is 14.2. The molecule has 2 heterocycles. The number of carbonyl (C=O) groups excluding carboxylic acids is 1. The molecule has 0 spiro atoms. The molecule has 0 saturated carbocycles. The molecule has 2 aromatic heterocycles. The van der Waals surface area contributed by atoms with E-state index in [0.29, 0.717) is 21.9 Å². The third kappa shape index (κ3) is 4.05. The molecule has 2 aromatic carbocycles. The van der Waals surface area contributed by atoms with Crippen LogP contribution >= 0.6 is 23.1 Å². The monoisotopic (exact) mass is 440 g/mol. The normalized spacial score (nSPS) is 10.9. The molecule has 2 N–H and O–H groups in total. The Morgan fingerprint density at radius 2 is 1.90 bits per heavy atom. The number of nitrogen functional groups attached to an aromatic ring is 1. The quantitative estimate of drug-likeness (QED) is 0.356. The largest absolute Gasteiger partial charge is 0.335 e. The zero-order valence-corrected chi connectivity index (χ0v) is 17.5. The molecule has 0 aliphatic carbocycles. The van der Waals surface area contributed by atoms with Gasteiger partial charge in [0, 0.05) is 23.6 Å². The lowest BCUT2D eigenvalue weighted by Crippen LogP contribution is -2.23. The predicted molar refractivity (Wildman–Crippen MR) is 117 cm³/mol. The zero-order valence-electron chi connectivity index (χ0n) is 15.9. The molecule has 0 fully saturated rings. The van der Waals surface area contributed by atoms with Gasteiger partial charge in [0.25, 0.3) is 0 Å². The van der Waals surface area contributed by atoms with Gasteiger partial charge in [-0.2, -0.15) is 0 Å². The second kappa shape index (κ2) is 8.64. The van der Waals surface area contributed by atoms with E-state index < -0.39 is 5.82 Å². The summed E-state index contributed by atoms with van der Waals surface area (Å²) >= 11 is 2.65. The maximum Gasteiger partial charge on any atom is 0.230 e. The molecule has 4 aromatic rings. The Bertz CT molecular complexity index is 1180. The van der Waals surface area contributed by atoms with Crippen LogP contribution in [-0.4, -0.2) is 25.8 Å². The highest BCUT2D eigenvalue weighted by Gasteiger charge is 2.21. The van der Waals surface area contributed by atoms with Gasteiger partial charge in [-0.1, -0.05) is 54.2 Å². The van der Waals surface area contributed by atoms with Crippen molar-refractivity contribution < 1.29 is 9.18 Å². The molecule has 10 heteroatoms. The summed E-state index contributed by atoms with van der Waals surface area (Å²) in [4.78, 5) is 17.9. The van der Waals surface area contributed by atoms with Crippen LogP contribution in [0.25, 0.3) is 11.4 Å². The molecular weight excluding hydrogens is 423 g/mol. The molecule has 0 atom stereocenters. The Morgan fingerprint density at radius 1 is 1.17 bits per heavy atom. The molecule has 1 amide bonds. The van der Waals surface area contributed by atoms with Crippen molar-refractivity contribution in [2.24, 2.45) is 0 Å². The van der Waals surface area contributed by atoms with Crippen LogP contribution in [0.5, 0.6) is 0 Å². The van der Waals surface area contributed by atoms with Crippen molar-refractivity contribution in [1.29, 1.82) is 0 Å². The maximum absolute atomic E-state index is 14.2. The first-order valence-corrected chi connectivity index (χ1v) is 10.8. The van der Waals surface area contributed by atoms with Gasteiger partial charge in [-0.05, 0) is 12.1 Å². The van der Waals surface area contributed by atoms with Crippen molar-refractivity contribution >= 4 is 39.8 Å². The van der Waals surface area contributed by atoms with Crippen molar-refractivity contribution in [3.8, 4) is 11.4 Å². The van der Waals surface area contributed by atoms with Crippen LogP contribution in [0.4, 0.5) is 15.2 Å². The van der Waals surface area contributed by atoms with Crippen molar-refractivity contribution in [3.63, 3.8) is 0 Å². The Morgan fingerprint density at radius 3 is 2.63 bits per heavy atom. The van der Waals surface area contributed by atoms with Gasteiger partial charge in [-0.3, -0.25) is 9.69 Å². The van der Waals surface area contributed by atoms with Gasteiger partial charge in [0.05, 0.1) is 11.4 Å². The highest BCUT2D eigenvalue weighted by molar-refractivity contribution is 7.98. The van der Waals surface area contributed by atoms with Crippen LogP contribution in [0.3, 0.4) is 0 Å². The lowest BCUT2D eigenvalue weighted by atomic mass is 10.2. The van der Waals surface area contributed by atoms with E-state index in [9.17, 15) is 9.18 Å². The summed E-state index contributed by atoms with van der Waals surface area (Å²) in [7, 11) is 0. The van der Waals surface area contributed by atoms with Crippen molar-refractivity contribution in [2.75, 3.05) is 10.7 Å². The van der Waals surface area contributed by atoms with E-state index in [-0.39, 0.29) is 11.6 Å². The number of rotatable bonds is 6. The highest BCUT2D eigenvalue weighted by atomic mass is 32.2. The summed E-state index contributed by atoms with van der Waals surface area (Å²) in [5.74, 6) is 6.39. The van der Waals surface area contributed by atoms with Gasteiger partial charge in [0.1, 0.15) is 5.82 Å². The van der Waals surface area contributed by atoms with Crippen molar-refractivity contribution in [2.45, 2.75) is 17.8 Å². The fraction of sp³-hybridized carbons (Fsp3) is 0.100. The Kier molecular flexibility index (Phi) is 5.77. The number of carbonyl (C=O) groups is 1. The average Bonchev–Trinajstić information content (AvgIpc) is 3.35. The molecule has 0 saturated heterocycles. The number of nitrogens with two attached hydrogens (primary N) is 1. The number of halogens is 1. The predicted octanol–water partition coefficient (Wildman–Crippen LogP) is 4.23. The van der Waals surface area contributed by atoms with E-state index >= 15 is 0 Å². The van der Waals surface area contributed by atoms with E-state index in [1.54, 1.807) is 18.2 Å². The van der Waals surface area contributed by atoms with E-state index in [2.05, 4.69) is 15.2 Å². The molecule has 0 unspecified atom stereocenters. The Labute approximate surface area is 180 Å². The minimum atomic E-state index is -0.483. The van der Waals surface area contributed by atoms with E-state index in [4.69, 9.17) is 5.84 Å². The molecule has 152 valence electrons. The standard InChI is InChI=1S/C20H17FN6OS2/c1-13(28)26(17-10-6-5-9-16(17)21)19-23-15(11-29-19)12-30-20-25-24-18(27(20)22)14-7-3-2-4-8-14/h2-11H,12,22H2,1H3. The molecule has 0 radical (unpaired) electrons. The first-order valence-electron chi connectivity index (χ1n) is 8.93. The fourth-order valence-corrected chi connectivity index (χ4v) is 4.54. The summed E-state index contributed by atoms with van der Waals surface area (Å²) < 4.78 is 15.6. The van der Waals surface area contributed by atoms with Gasteiger partial charge >= 0.3 is 0 Å². The number of thiazole rings is 1. The number of nitrogens with zero attached hydrogens (tertiary/aromatic N) is 5. The lowest BCUT2D eigenvalue weighted by Gasteiger charge is -2.18.